The number of ether oxygens (including phenoxy) is 2. The quantitative estimate of drug-likeness (QED) is 0.726. The summed E-state index contributed by atoms with van der Waals surface area (Å²) in [4.78, 5) is 2.33. The molecule has 1 aromatic carbocycles. The lowest BCUT2D eigenvalue weighted by Gasteiger charge is -2.35. The van der Waals surface area contributed by atoms with Crippen molar-refractivity contribution in [3.05, 3.63) is 17.7 Å². The molecule has 0 aromatic heterocycles. The van der Waals surface area contributed by atoms with Gasteiger partial charge in [-0.1, -0.05) is 0 Å². The molecular formula is C15H25ClN2O4. The van der Waals surface area contributed by atoms with Crippen LogP contribution < -0.4 is 14.8 Å². The van der Waals surface area contributed by atoms with E-state index in [-0.39, 0.29) is 30.8 Å². The number of aromatic hydroxyl groups is 1. The third-order valence-electron chi connectivity index (χ3n) is 3.88. The molecule has 7 heteroatoms. The number of aliphatic hydroxyl groups excluding tert-OH is 1. The van der Waals surface area contributed by atoms with Crippen LogP contribution in [-0.2, 0) is 0 Å². The second-order valence-electron chi connectivity index (χ2n) is 5.09. The first-order valence-corrected chi connectivity index (χ1v) is 7.21. The van der Waals surface area contributed by atoms with Crippen LogP contribution in [0.1, 0.15) is 18.0 Å². The zero-order valence-electron chi connectivity index (χ0n) is 13.0. The third-order valence-corrected chi connectivity index (χ3v) is 3.88. The largest absolute Gasteiger partial charge is 0.502 e. The number of halogens is 1. The first-order chi connectivity index (χ1) is 10.2. The molecule has 1 saturated heterocycles. The molecule has 0 unspecified atom stereocenters. The molecule has 0 radical (unpaired) electrons. The molecule has 1 fully saturated rings. The summed E-state index contributed by atoms with van der Waals surface area (Å²) in [6.45, 7) is 3.84. The van der Waals surface area contributed by atoms with Gasteiger partial charge in [0.25, 0.3) is 0 Å². The number of nitrogens with one attached hydrogen (secondary N) is 1. The summed E-state index contributed by atoms with van der Waals surface area (Å²) < 4.78 is 10.4. The lowest BCUT2D eigenvalue weighted by molar-refractivity contribution is 0.140. The number of aliphatic hydroxyl groups is 1. The number of benzene rings is 1. The minimum Gasteiger partial charge on any atom is -0.502 e. The van der Waals surface area contributed by atoms with E-state index in [1.165, 1.54) is 14.2 Å². The van der Waals surface area contributed by atoms with Gasteiger partial charge in [0.1, 0.15) is 0 Å². The van der Waals surface area contributed by atoms with Crippen molar-refractivity contribution in [1.82, 2.24) is 10.2 Å². The van der Waals surface area contributed by atoms with Crippen molar-refractivity contribution in [2.75, 3.05) is 47.0 Å². The van der Waals surface area contributed by atoms with Crippen LogP contribution in [0.3, 0.4) is 0 Å². The molecule has 1 aromatic rings. The number of phenols is 1. The summed E-state index contributed by atoms with van der Waals surface area (Å²) in [5.74, 6) is 0.789. The van der Waals surface area contributed by atoms with Crippen LogP contribution in [-0.4, -0.2) is 62.1 Å². The van der Waals surface area contributed by atoms with E-state index in [1.54, 1.807) is 0 Å². The number of rotatable bonds is 6. The monoisotopic (exact) mass is 332 g/mol. The van der Waals surface area contributed by atoms with Crippen LogP contribution in [0.15, 0.2) is 12.1 Å². The summed E-state index contributed by atoms with van der Waals surface area (Å²) >= 11 is 0. The summed E-state index contributed by atoms with van der Waals surface area (Å²) in [6.07, 6.45) is 0.636. The van der Waals surface area contributed by atoms with Crippen LogP contribution >= 0.6 is 12.4 Å². The van der Waals surface area contributed by atoms with E-state index in [0.717, 1.165) is 31.7 Å². The van der Waals surface area contributed by atoms with Gasteiger partial charge in [-0.2, -0.15) is 0 Å². The maximum atomic E-state index is 10.0. The molecule has 1 atom stereocenters. The molecule has 0 spiro atoms. The highest BCUT2D eigenvalue weighted by molar-refractivity contribution is 5.85. The van der Waals surface area contributed by atoms with Crippen LogP contribution in [0.4, 0.5) is 0 Å². The number of piperazine rings is 1. The molecule has 126 valence electrons. The van der Waals surface area contributed by atoms with Crippen molar-refractivity contribution >= 4 is 12.4 Å². The Hall–Kier alpha value is -1.21. The second kappa shape index (κ2) is 9.05. The smallest absolute Gasteiger partial charge is 0.200 e. The van der Waals surface area contributed by atoms with Gasteiger partial charge in [-0.05, 0) is 24.1 Å². The van der Waals surface area contributed by atoms with Crippen molar-refractivity contribution in [1.29, 1.82) is 0 Å². The zero-order valence-corrected chi connectivity index (χ0v) is 13.9. The Morgan fingerprint density at radius 2 is 1.73 bits per heavy atom. The lowest BCUT2D eigenvalue weighted by atomic mass is 10.00. The maximum absolute atomic E-state index is 10.0. The second-order valence-corrected chi connectivity index (χ2v) is 5.09. The molecule has 0 amide bonds. The van der Waals surface area contributed by atoms with Crippen molar-refractivity contribution in [2.24, 2.45) is 0 Å². The van der Waals surface area contributed by atoms with Crippen LogP contribution in [0.25, 0.3) is 0 Å². The minimum absolute atomic E-state index is 0. The average molecular weight is 333 g/mol. The van der Waals surface area contributed by atoms with Gasteiger partial charge < -0.3 is 25.0 Å². The Morgan fingerprint density at radius 3 is 2.18 bits per heavy atom. The van der Waals surface area contributed by atoms with Gasteiger partial charge in [0.15, 0.2) is 11.5 Å². The predicted molar refractivity (Wildman–Crippen MR) is 87.3 cm³/mol. The number of phenolic OH excluding ortho intramolecular Hbond substituents is 1. The summed E-state index contributed by atoms with van der Waals surface area (Å²) in [7, 11) is 3.04. The molecule has 1 aliphatic heterocycles. The Labute approximate surface area is 137 Å². The van der Waals surface area contributed by atoms with Gasteiger partial charge in [-0.25, -0.2) is 0 Å². The molecule has 22 heavy (non-hydrogen) atoms. The van der Waals surface area contributed by atoms with Crippen molar-refractivity contribution in [3.8, 4) is 17.2 Å². The van der Waals surface area contributed by atoms with E-state index in [9.17, 15) is 10.2 Å². The van der Waals surface area contributed by atoms with Gasteiger partial charge in [-0.15, -0.1) is 12.4 Å². The van der Waals surface area contributed by atoms with Crippen LogP contribution in [0, 0.1) is 0 Å². The molecule has 1 heterocycles. The molecule has 1 aliphatic rings. The summed E-state index contributed by atoms with van der Waals surface area (Å²) in [6, 6.07) is 3.72. The lowest BCUT2D eigenvalue weighted by Crippen LogP contribution is -2.45. The molecule has 2 rings (SSSR count). The van der Waals surface area contributed by atoms with E-state index in [0.29, 0.717) is 17.9 Å². The summed E-state index contributed by atoms with van der Waals surface area (Å²) in [5.41, 5.74) is 0.984. The molecule has 0 bridgehead atoms. The first kappa shape index (κ1) is 18.8. The van der Waals surface area contributed by atoms with Crippen LogP contribution in [0.5, 0.6) is 17.2 Å². The average Bonchev–Trinajstić information content (AvgIpc) is 2.54. The maximum Gasteiger partial charge on any atom is 0.200 e. The SMILES string of the molecule is COc1cc([C@H](CCO)N2CCNCC2)cc(OC)c1O.Cl. The molecule has 0 aliphatic carbocycles. The van der Waals surface area contributed by atoms with E-state index in [2.05, 4.69) is 10.2 Å². The highest BCUT2D eigenvalue weighted by atomic mass is 35.5. The first-order valence-electron chi connectivity index (χ1n) is 7.21. The Bertz CT molecular complexity index is 442. The fraction of sp³-hybridized carbons (Fsp3) is 0.600. The molecule has 6 nitrogen and oxygen atoms in total. The molecule has 3 N–H and O–H groups in total. The normalized spacial score (nSPS) is 16.7. The van der Waals surface area contributed by atoms with Gasteiger partial charge in [0.05, 0.1) is 14.2 Å². The van der Waals surface area contributed by atoms with E-state index in [1.807, 2.05) is 12.1 Å². The standard InChI is InChI=1S/C15H24N2O4.ClH/c1-20-13-9-11(10-14(21-2)15(13)19)12(3-8-18)17-6-4-16-5-7-17;/h9-10,12,16,18-19H,3-8H2,1-2H3;1H/t12-;/m0./s1. The van der Waals surface area contributed by atoms with Gasteiger partial charge in [0.2, 0.25) is 5.75 Å². The van der Waals surface area contributed by atoms with Crippen molar-refractivity contribution < 1.29 is 19.7 Å². The van der Waals surface area contributed by atoms with Gasteiger partial charge in [0, 0.05) is 38.8 Å². The highest BCUT2D eigenvalue weighted by Crippen LogP contribution is 2.40. The van der Waals surface area contributed by atoms with Gasteiger partial charge >= 0.3 is 0 Å². The number of methoxy groups -OCH3 is 2. The van der Waals surface area contributed by atoms with E-state index in [4.69, 9.17) is 9.47 Å². The zero-order chi connectivity index (χ0) is 15.2. The Morgan fingerprint density at radius 1 is 1.18 bits per heavy atom. The van der Waals surface area contributed by atoms with Crippen molar-refractivity contribution in [3.63, 3.8) is 0 Å². The fourth-order valence-corrected chi connectivity index (χ4v) is 2.78. The van der Waals surface area contributed by atoms with Gasteiger partial charge in [-0.3, -0.25) is 4.90 Å². The summed E-state index contributed by atoms with van der Waals surface area (Å²) in [5, 5.41) is 22.7. The molecule has 0 saturated carbocycles. The Kier molecular flexibility index (Phi) is 7.75. The van der Waals surface area contributed by atoms with E-state index >= 15 is 0 Å². The predicted octanol–water partition coefficient (Wildman–Crippen LogP) is 1.16. The minimum atomic E-state index is 0. The number of hydrogen-bond donors (Lipinski definition) is 3. The fourth-order valence-electron chi connectivity index (χ4n) is 2.78. The number of hydrogen-bond acceptors (Lipinski definition) is 6. The van der Waals surface area contributed by atoms with E-state index < -0.39 is 0 Å². The Balaban J connectivity index is 0.00000242. The third kappa shape index (κ3) is 4.16. The number of nitrogens with zero attached hydrogens (tertiary/aromatic N) is 1. The molecular weight excluding hydrogens is 308 g/mol. The highest BCUT2D eigenvalue weighted by Gasteiger charge is 2.24. The van der Waals surface area contributed by atoms with Crippen LogP contribution in [0.2, 0.25) is 0 Å². The topological polar surface area (TPSA) is 74.2 Å². The van der Waals surface area contributed by atoms with Crippen molar-refractivity contribution in [2.45, 2.75) is 12.5 Å².